The summed E-state index contributed by atoms with van der Waals surface area (Å²) in [5, 5.41) is 20.6. The van der Waals surface area contributed by atoms with Gasteiger partial charge in [-0.25, -0.2) is 4.79 Å². The second-order valence-corrected chi connectivity index (χ2v) is 6.90. The van der Waals surface area contributed by atoms with Crippen molar-refractivity contribution in [3.05, 3.63) is 60.5 Å². The van der Waals surface area contributed by atoms with Crippen LogP contribution in [-0.4, -0.2) is 45.5 Å². The number of hydrogen-bond donors (Lipinski definition) is 2. The first-order chi connectivity index (χ1) is 14.2. The number of phenolic OH excluding ortho intramolecular Hbond substituents is 1. The predicted molar refractivity (Wildman–Crippen MR) is 106 cm³/mol. The van der Waals surface area contributed by atoms with E-state index in [9.17, 15) is 9.90 Å². The lowest BCUT2D eigenvalue weighted by Crippen LogP contribution is -2.39. The summed E-state index contributed by atoms with van der Waals surface area (Å²) in [5.74, 6) is 0.544. The van der Waals surface area contributed by atoms with Crippen LogP contribution >= 0.6 is 0 Å². The standard InChI is InChI=1S/C21H22N4O4/c26-19-9-2-1-5-16(19)12-25(13-18-8-4-10-28-18)21(27)23-17-7-3-6-15(11-17)20-24-22-14-29-20/h1-3,5-7,9,11,14,18,26H,4,8,10,12-13H2,(H,23,27)/t18-/m0/s1. The summed E-state index contributed by atoms with van der Waals surface area (Å²) >= 11 is 0. The summed E-state index contributed by atoms with van der Waals surface area (Å²) in [6.07, 6.45) is 3.16. The van der Waals surface area contributed by atoms with E-state index in [1.807, 2.05) is 18.2 Å². The Labute approximate surface area is 168 Å². The zero-order valence-corrected chi connectivity index (χ0v) is 15.8. The van der Waals surface area contributed by atoms with Gasteiger partial charge in [-0.05, 0) is 37.1 Å². The van der Waals surface area contributed by atoms with Crippen molar-refractivity contribution in [2.75, 3.05) is 18.5 Å². The normalized spacial score (nSPS) is 15.9. The van der Waals surface area contributed by atoms with Gasteiger partial charge in [0, 0.05) is 30.0 Å². The molecule has 3 aromatic rings. The minimum atomic E-state index is -0.272. The van der Waals surface area contributed by atoms with Gasteiger partial charge in [-0.2, -0.15) is 0 Å². The Morgan fingerprint density at radius 1 is 1.24 bits per heavy atom. The summed E-state index contributed by atoms with van der Waals surface area (Å²) in [6, 6.07) is 14.0. The SMILES string of the molecule is O=C(Nc1cccc(-c2nnco2)c1)N(Cc1ccccc1O)C[C@@H]1CCCO1. The molecule has 8 nitrogen and oxygen atoms in total. The van der Waals surface area contributed by atoms with Gasteiger partial charge in [0.2, 0.25) is 12.3 Å². The average molecular weight is 394 g/mol. The lowest BCUT2D eigenvalue weighted by atomic mass is 10.1. The molecule has 150 valence electrons. The van der Waals surface area contributed by atoms with Crippen LogP contribution in [0.5, 0.6) is 5.75 Å². The van der Waals surface area contributed by atoms with Crippen molar-refractivity contribution in [2.45, 2.75) is 25.5 Å². The second kappa shape index (κ2) is 8.74. The van der Waals surface area contributed by atoms with Gasteiger partial charge in [0.1, 0.15) is 5.75 Å². The first-order valence-corrected chi connectivity index (χ1v) is 9.50. The molecule has 1 saturated heterocycles. The van der Waals surface area contributed by atoms with Crippen LogP contribution in [0.15, 0.2) is 59.3 Å². The Bertz CT molecular complexity index is 955. The summed E-state index contributed by atoms with van der Waals surface area (Å²) in [6.45, 7) is 1.44. The van der Waals surface area contributed by atoms with E-state index >= 15 is 0 Å². The number of benzene rings is 2. The fraction of sp³-hybridized carbons (Fsp3) is 0.286. The molecule has 4 rings (SSSR count). The van der Waals surface area contributed by atoms with Crippen molar-refractivity contribution < 1.29 is 19.1 Å². The van der Waals surface area contributed by atoms with Crippen LogP contribution in [0.3, 0.4) is 0 Å². The maximum atomic E-state index is 13.0. The fourth-order valence-electron chi connectivity index (χ4n) is 3.33. The van der Waals surface area contributed by atoms with E-state index in [4.69, 9.17) is 9.15 Å². The first-order valence-electron chi connectivity index (χ1n) is 9.50. The number of nitrogens with one attached hydrogen (secondary N) is 1. The average Bonchev–Trinajstić information content (AvgIpc) is 3.43. The van der Waals surface area contributed by atoms with Crippen LogP contribution in [0, 0.1) is 0 Å². The quantitative estimate of drug-likeness (QED) is 0.662. The van der Waals surface area contributed by atoms with E-state index in [0.29, 0.717) is 35.9 Å². The first kappa shape index (κ1) is 18.9. The lowest BCUT2D eigenvalue weighted by Gasteiger charge is -2.26. The van der Waals surface area contributed by atoms with Crippen LogP contribution in [0.2, 0.25) is 0 Å². The van der Waals surface area contributed by atoms with Crippen molar-refractivity contribution in [1.82, 2.24) is 15.1 Å². The van der Waals surface area contributed by atoms with Gasteiger partial charge in [0.05, 0.1) is 12.6 Å². The molecule has 2 aromatic carbocycles. The molecule has 0 spiro atoms. The minimum Gasteiger partial charge on any atom is -0.508 e. The van der Waals surface area contributed by atoms with E-state index in [1.165, 1.54) is 6.39 Å². The van der Waals surface area contributed by atoms with Crippen LogP contribution in [0.25, 0.3) is 11.5 Å². The maximum Gasteiger partial charge on any atom is 0.322 e. The Hall–Kier alpha value is -3.39. The second-order valence-electron chi connectivity index (χ2n) is 6.90. The van der Waals surface area contributed by atoms with E-state index in [-0.39, 0.29) is 24.4 Å². The van der Waals surface area contributed by atoms with Crippen molar-refractivity contribution in [3.8, 4) is 17.2 Å². The molecule has 1 aliphatic heterocycles. The summed E-state index contributed by atoms with van der Waals surface area (Å²) in [4.78, 5) is 14.7. The number of ether oxygens (including phenoxy) is 1. The predicted octanol–water partition coefficient (Wildman–Crippen LogP) is 3.66. The third kappa shape index (κ3) is 4.72. The molecule has 2 heterocycles. The molecule has 0 radical (unpaired) electrons. The molecule has 1 aromatic heterocycles. The van der Waals surface area contributed by atoms with Crippen LogP contribution in [0.1, 0.15) is 18.4 Å². The summed E-state index contributed by atoms with van der Waals surface area (Å²) in [5.41, 5.74) is 2.01. The van der Waals surface area contributed by atoms with E-state index in [1.54, 1.807) is 35.2 Å². The van der Waals surface area contributed by atoms with E-state index in [2.05, 4.69) is 15.5 Å². The van der Waals surface area contributed by atoms with Gasteiger partial charge in [-0.3, -0.25) is 0 Å². The molecular formula is C21H22N4O4. The van der Waals surface area contributed by atoms with Gasteiger partial charge >= 0.3 is 6.03 Å². The van der Waals surface area contributed by atoms with Gasteiger partial charge in [-0.15, -0.1) is 10.2 Å². The summed E-state index contributed by atoms with van der Waals surface area (Å²) < 4.78 is 10.9. The van der Waals surface area contributed by atoms with Crippen molar-refractivity contribution in [3.63, 3.8) is 0 Å². The number of rotatable bonds is 6. The van der Waals surface area contributed by atoms with Crippen molar-refractivity contribution in [1.29, 1.82) is 0 Å². The molecule has 8 heteroatoms. The van der Waals surface area contributed by atoms with Gasteiger partial charge in [-0.1, -0.05) is 24.3 Å². The Morgan fingerprint density at radius 2 is 2.14 bits per heavy atom. The number of carbonyl (C=O) groups is 1. The Kier molecular flexibility index (Phi) is 5.71. The zero-order chi connectivity index (χ0) is 20.1. The minimum absolute atomic E-state index is 0.00340. The monoisotopic (exact) mass is 394 g/mol. The Balaban J connectivity index is 1.51. The highest BCUT2D eigenvalue weighted by molar-refractivity contribution is 5.90. The molecule has 1 aliphatic rings. The molecule has 0 unspecified atom stereocenters. The number of urea groups is 1. The van der Waals surface area contributed by atoms with Gasteiger partial charge in [0.25, 0.3) is 0 Å². The summed E-state index contributed by atoms with van der Waals surface area (Å²) in [7, 11) is 0. The number of aromatic hydroxyl groups is 1. The van der Waals surface area contributed by atoms with Gasteiger partial charge < -0.3 is 24.5 Å². The van der Waals surface area contributed by atoms with E-state index < -0.39 is 0 Å². The molecule has 2 amide bonds. The molecular weight excluding hydrogens is 372 g/mol. The largest absolute Gasteiger partial charge is 0.508 e. The molecule has 1 atom stereocenters. The maximum absolute atomic E-state index is 13.0. The number of carbonyl (C=O) groups excluding carboxylic acids is 1. The lowest BCUT2D eigenvalue weighted by molar-refractivity contribution is 0.0817. The van der Waals surface area contributed by atoms with Crippen LogP contribution in [-0.2, 0) is 11.3 Å². The number of anilines is 1. The number of nitrogens with zero attached hydrogens (tertiary/aromatic N) is 3. The number of hydrogen-bond acceptors (Lipinski definition) is 6. The third-order valence-electron chi connectivity index (χ3n) is 4.81. The number of para-hydroxylation sites is 1. The fourth-order valence-corrected chi connectivity index (χ4v) is 3.33. The molecule has 29 heavy (non-hydrogen) atoms. The molecule has 2 N–H and O–H groups in total. The molecule has 0 bridgehead atoms. The van der Waals surface area contributed by atoms with Crippen LogP contribution in [0.4, 0.5) is 10.5 Å². The Morgan fingerprint density at radius 3 is 2.90 bits per heavy atom. The highest BCUT2D eigenvalue weighted by Gasteiger charge is 2.23. The van der Waals surface area contributed by atoms with Crippen LogP contribution < -0.4 is 5.32 Å². The van der Waals surface area contributed by atoms with E-state index in [0.717, 1.165) is 12.8 Å². The topological polar surface area (TPSA) is 101 Å². The highest BCUT2D eigenvalue weighted by Crippen LogP contribution is 2.23. The number of amides is 2. The molecule has 0 aliphatic carbocycles. The van der Waals surface area contributed by atoms with Gasteiger partial charge in [0.15, 0.2) is 0 Å². The third-order valence-corrected chi connectivity index (χ3v) is 4.81. The van der Waals surface area contributed by atoms with Crippen molar-refractivity contribution in [2.24, 2.45) is 0 Å². The number of phenols is 1. The smallest absolute Gasteiger partial charge is 0.322 e. The zero-order valence-electron chi connectivity index (χ0n) is 15.8. The highest BCUT2D eigenvalue weighted by atomic mass is 16.5. The number of aromatic nitrogens is 2. The molecule has 0 saturated carbocycles. The molecule has 1 fully saturated rings. The van der Waals surface area contributed by atoms with Crippen molar-refractivity contribution >= 4 is 11.7 Å².